The summed E-state index contributed by atoms with van der Waals surface area (Å²) in [4.78, 5) is 0. The minimum atomic E-state index is -0.115. The van der Waals surface area contributed by atoms with Crippen molar-refractivity contribution in [1.29, 1.82) is 0 Å². The molecule has 3 heteroatoms. The van der Waals surface area contributed by atoms with Crippen LogP contribution in [0, 0.1) is 5.92 Å². The third-order valence-corrected chi connectivity index (χ3v) is 6.37. The van der Waals surface area contributed by atoms with Crippen LogP contribution in [0.4, 0.5) is 0 Å². The van der Waals surface area contributed by atoms with Gasteiger partial charge in [-0.05, 0) is 57.4 Å². The van der Waals surface area contributed by atoms with Crippen molar-refractivity contribution < 1.29 is 14.2 Å². The van der Waals surface area contributed by atoms with Crippen LogP contribution in [0.1, 0.15) is 51.9 Å². The lowest BCUT2D eigenvalue weighted by Crippen LogP contribution is -2.49. The van der Waals surface area contributed by atoms with Crippen LogP contribution >= 0.6 is 0 Å². The van der Waals surface area contributed by atoms with Crippen LogP contribution in [0.15, 0.2) is 23.8 Å². The number of hydrogen-bond donors (Lipinski definition) is 0. The largest absolute Gasteiger partial charge is 0.377 e. The van der Waals surface area contributed by atoms with Gasteiger partial charge in [-0.25, -0.2) is 0 Å². The monoisotopic (exact) mass is 304 g/mol. The number of hydrogen-bond acceptors (Lipinski definition) is 3. The Morgan fingerprint density at radius 3 is 2.68 bits per heavy atom. The molecule has 2 aliphatic heterocycles. The van der Waals surface area contributed by atoms with Crippen molar-refractivity contribution in [2.75, 3.05) is 13.7 Å². The summed E-state index contributed by atoms with van der Waals surface area (Å²) in [5.74, 6) is 0.290. The van der Waals surface area contributed by atoms with Crippen LogP contribution in [-0.4, -0.2) is 37.1 Å². The van der Waals surface area contributed by atoms with Crippen LogP contribution in [0.3, 0.4) is 0 Å². The topological polar surface area (TPSA) is 34.3 Å². The second kappa shape index (κ2) is 5.19. The normalized spacial score (nSPS) is 47.1. The van der Waals surface area contributed by atoms with Gasteiger partial charge in [-0.3, -0.25) is 0 Å². The van der Waals surface area contributed by atoms with E-state index >= 15 is 0 Å². The van der Waals surface area contributed by atoms with E-state index in [0.29, 0.717) is 12.0 Å². The number of methoxy groups -OCH3 is 1. The van der Waals surface area contributed by atoms with Gasteiger partial charge in [0.2, 0.25) is 0 Å². The first kappa shape index (κ1) is 14.9. The second-order valence-corrected chi connectivity index (χ2v) is 7.74. The van der Waals surface area contributed by atoms with E-state index in [1.54, 1.807) is 12.7 Å². The predicted molar refractivity (Wildman–Crippen MR) is 85.8 cm³/mol. The summed E-state index contributed by atoms with van der Waals surface area (Å²) in [6, 6.07) is 0. The maximum Gasteiger partial charge on any atom is 0.101 e. The Morgan fingerprint density at radius 2 is 2.05 bits per heavy atom. The van der Waals surface area contributed by atoms with E-state index in [4.69, 9.17) is 14.2 Å². The molecule has 0 unspecified atom stereocenters. The van der Waals surface area contributed by atoms with Gasteiger partial charge in [0.1, 0.15) is 11.2 Å². The maximum atomic E-state index is 6.21. The molecule has 0 amide bonds. The first-order valence-electron chi connectivity index (χ1n) is 8.79. The Labute approximate surface area is 133 Å². The predicted octanol–water partition coefficient (Wildman–Crippen LogP) is 3.78. The molecule has 22 heavy (non-hydrogen) atoms. The second-order valence-electron chi connectivity index (χ2n) is 7.74. The summed E-state index contributed by atoms with van der Waals surface area (Å²) < 4.78 is 17.9. The Bertz CT molecular complexity index is 497. The SMILES string of the molecule is C=C1CC[C@]2(CO2)[C@@H]([C@@]2(C)O[C@@H]2CC=C2CCCC2)[C@@H]1OC. The lowest BCUT2D eigenvalue weighted by Gasteiger charge is -2.39. The van der Waals surface area contributed by atoms with Crippen molar-refractivity contribution in [3.63, 3.8) is 0 Å². The van der Waals surface area contributed by atoms with Crippen molar-refractivity contribution in [3.8, 4) is 0 Å². The average molecular weight is 304 g/mol. The number of allylic oxidation sites excluding steroid dienone is 1. The van der Waals surface area contributed by atoms with E-state index in [1.165, 1.54) is 31.3 Å². The van der Waals surface area contributed by atoms with Gasteiger partial charge in [0.15, 0.2) is 0 Å². The van der Waals surface area contributed by atoms with E-state index in [9.17, 15) is 0 Å². The maximum absolute atomic E-state index is 6.21. The molecule has 0 aromatic rings. The Kier molecular flexibility index (Phi) is 3.52. The molecular weight excluding hydrogens is 276 g/mol. The summed E-state index contributed by atoms with van der Waals surface area (Å²) in [6.45, 7) is 7.35. The lowest BCUT2D eigenvalue weighted by atomic mass is 9.68. The summed E-state index contributed by atoms with van der Waals surface area (Å²) >= 11 is 0. The fourth-order valence-electron chi connectivity index (χ4n) is 4.86. The molecule has 122 valence electrons. The van der Waals surface area contributed by atoms with Crippen LogP contribution in [0.5, 0.6) is 0 Å². The van der Waals surface area contributed by atoms with Crippen molar-refractivity contribution >= 4 is 0 Å². The van der Waals surface area contributed by atoms with E-state index < -0.39 is 0 Å². The highest BCUT2D eigenvalue weighted by atomic mass is 16.6. The molecule has 2 saturated heterocycles. The summed E-state index contributed by atoms with van der Waals surface area (Å²) in [5, 5.41) is 0. The molecule has 4 fully saturated rings. The van der Waals surface area contributed by atoms with Crippen LogP contribution < -0.4 is 0 Å². The molecule has 2 heterocycles. The molecule has 0 aromatic heterocycles. The standard InChI is InChI=1S/C19H28O3/c1-13-10-11-19(12-21-19)17(16(13)20-3)18(2)15(22-18)9-8-14-6-4-5-7-14/h8,15-17H,1,4-7,9-12H2,2-3H3/t15-,16-,17-,18+,19+/m1/s1. The minimum Gasteiger partial charge on any atom is -0.377 e. The minimum absolute atomic E-state index is 0.00807. The summed E-state index contributed by atoms with van der Waals surface area (Å²) in [7, 11) is 1.80. The summed E-state index contributed by atoms with van der Waals surface area (Å²) in [5.41, 5.74) is 2.71. The van der Waals surface area contributed by atoms with E-state index in [2.05, 4.69) is 19.6 Å². The number of ether oxygens (including phenoxy) is 3. The molecule has 0 aromatic carbocycles. The third-order valence-electron chi connectivity index (χ3n) is 6.37. The number of rotatable bonds is 4. The zero-order valence-corrected chi connectivity index (χ0v) is 13.9. The van der Waals surface area contributed by atoms with Gasteiger partial charge < -0.3 is 14.2 Å². The fraction of sp³-hybridized carbons (Fsp3) is 0.789. The molecule has 2 aliphatic carbocycles. The van der Waals surface area contributed by atoms with Gasteiger partial charge in [0, 0.05) is 7.11 Å². The fourth-order valence-corrected chi connectivity index (χ4v) is 4.86. The van der Waals surface area contributed by atoms with E-state index in [-0.39, 0.29) is 17.3 Å². The average Bonchev–Trinajstić information content (AvgIpc) is 3.35. The molecule has 0 N–H and O–H groups in total. The van der Waals surface area contributed by atoms with Crippen molar-refractivity contribution in [1.82, 2.24) is 0 Å². The quantitative estimate of drug-likeness (QED) is 0.585. The first-order valence-corrected chi connectivity index (χ1v) is 8.79. The lowest BCUT2D eigenvalue weighted by molar-refractivity contribution is -0.0198. The van der Waals surface area contributed by atoms with Crippen LogP contribution in [0.2, 0.25) is 0 Å². The van der Waals surface area contributed by atoms with Crippen molar-refractivity contribution in [2.45, 2.75) is 75.3 Å². The number of epoxide rings is 2. The molecule has 5 atom stereocenters. The van der Waals surface area contributed by atoms with Gasteiger partial charge >= 0.3 is 0 Å². The molecule has 3 nitrogen and oxygen atoms in total. The highest BCUT2D eigenvalue weighted by Crippen LogP contribution is 2.60. The van der Waals surface area contributed by atoms with Gasteiger partial charge in [0.25, 0.3) is 0 Å². The van der Waals surface area contributed by atoms with Crippen molar-refractivity contribution in [3.05, 3.63) is 23.8 Å². The first-order chi connectivity index (χ1) is 10.6. The smallest absolute Gasteiger partial charge is 0.101 e. The zero-order valence-electron chi connectivity index (χ0n) is 13.9. The van der Waals surface area contributed by atoms with E-state index in [1.807, 2.05) is 0 Å². The molecule has 4 aliphatic rings. The van der Waals surface area contributed by atoms with E-state index in [0.717, 1.165) is 25.9 Å². The van der Waals surface area contributed by atoms with Crippen LogP contribution in [0.25, 0.3) is 0 Å². The molecular formula is C19H28O3. The Morgan fingerprint density at radius 1 is 1.32 bits per heavy atom. The third kappa shape index (κ3) is 2.29. The molecule has 4 rings (SSSR count). The zero-order chi connectivity index (χ0) is 15.4. The molecule has 0 bridgehead atoms. The molecule has 0 radical (unpaired) electrons. The van der Waals surface area contributed by atoms with Crippen LogP contribution in [-0.2, 0) is 14.2 Å². The van der Waals surface area contributed by atoms with Gasteiger partial charge in [-0.1, -0.05) is 18.2 Å². The summed E-state index contributed by atoms with van der Waals surface area (Å²) in [6.07, 6.45) is 11.3. The van der Waals surface area contributed by atoms with Gasteiger partial charge in [-0.2, -0.15) is 0 Å². The van der Waals surface area contributed by atoms with Crippen molar-refractivity contribution in [2.24, 2.45) is 5.92 Å². The van der Waals surface area contributed by atoms with Gasteiger partial charge in [0.05, 0.1) is 24.7 Å². The van der Waals surface area contributed by atoms with Gasteiger partial charge in [-0.15, -0.1) is 0 Å². The Hall–Kier alpha value is -0.640. The highest BCUT2D eigenvalue weighted by Gasteiger charge is 2.70. The highest BCUT2D eigenvalue weighted by molar-refractivity contribution is 5.27. The Balaban J connectivity index is 1.50. The molecule has 2 saturated carbocycles. The molecule has 1 spiro atoms.